The number of nitrogens with zero attached hydrogens (tertiary/aromatic N) is 5. The van der Waals surface area contributed by atoms with Gasteiger partial charge in [-0.1, -0.05) is 30.3 Å². The van der Waals surface area contributed by atoms with Crippen LogP contribution in [0.2, 0.25) is 0 Å². The molecule has 142 valence electrons. The quantitative estimate of drug-likeness (QED) is 0.214. The number of aryl methyl sites for hydroxylation is 1. The fraction of sp³-hybridized carbons (Fsp3) is 0.0500. The Morgan fingerprint density at radius 3 is 2.55 bits per heavy atom. The van der Waals surface area contributed by atoms with Gasteiger partial charge in [-0.05, 0) is 36.9 Å². The van der Waals surface area contributed by atoms with E-state index in [-0.39, 0.29) is 5.56 Å². The third kappa shape index (κ3) is 2.59. The first-order valence-electron chi connectivity index (χ1n) is 8.76. The molecule has 0 atom stereocenters. The first-order chi connectivity index (χ1) is 14.1. The lowest BCUT2D eigenvalue weighted by molar-refractivity contribution is 0.112. The Morgan fingerprint density at radius 2 is 1.76 bits per heavy atom. The van der Waals surface area contributed by atoms with Crippen molar-refractivity contribution in [3.63, 3.8) is 0 Å². The van der Waals surface area contributed by atoms with Crippen molar-refractivity contribution in [2.45, 2.75) is 17.1 Å². The van der Waals surface area contributed by atoms with Crippen molar-refractivity contribution in [2.24, 2.45) is 0 Å². The lowest BCUT2D eigenvalue weighted by Gasteiger charge is -2.10. The summed E-state index contributed by atoms with van der Waals surface area (Å²) in [5.41, 5.74) is 2.49. The van der Waals surface area contributed by atoms with Gasteiger partial charge in [0.2, 0.25) is 0 Å². The molecule has 0 saturated carbocycles. The standard InChI is InChI=1S/C20H14N6O2S/c1-11-14(10-27)17-23-18(13-7-3-5-9-16(13)26(17)24-11)29-20-22-15-8-4-2-6-12(15)19(28)25(20)21/h2-10H,21H2,1H3. The monoisotopic (exact) mass is 402 g/mol. The molecule has 0 amide bonds. The van der Waals surface area contributed by atoms with Gasteiger partial charge in [-0.3, -0.25) is 9.59 Å². The van der Waals surface area contributed by atoms with Crippen LogP contribution in [-0.2, 0) is 0 Å². The second-order valence-corrected chi connectivity index (χ2v) is 7.43. The van der Waals surface area contributed by atoms with Gasteiger partial charge in [-0.15, -0.1) is 0 Å². The molecule has 0 aliphatic rings. The van der Waals surface area contributed by atoms with Crippen molar-refractivity contribution in [3.8, 4) is 0 Å². The van der Waals surface area contributed by atoms with Crippen LogP contribution in [0.3, 0.4) is 0 Å². The average molecular weight is 402 g/mol. The highest BCUT2D eigenvalue weighted by Gasteiger charge is 2.18. The number of carbonyl (C=O) groups is 1. The van der Waals surface area contributed by atoms with Crippen molar-refractivity contribution in [1.82, 2.24) is 24.3 Å². The molecule has 0 saturated heterocycles. The summed E-state index contributed by atoms with van der Waals surface area (Å²) in [6.45, 7) is 1.77. The molecule has 5 aromatic rings. The molecule has 0 bridgehead atoms. The van der Waals surface area contributed by atoms with Crippen molar-refractivity contribution in [2.75, 3.05) is 5.84 Å². The van der Waals surface area contributed by atoms with Gasteiger partial charge in [-0.2, -0.15) is 5.10 Å². The lowest BCUT2D eigenvalue weighted by atomic mass is 10.2. The van der Waals surface area contributed by atoms with Gasteiger partial charge in [0.15, 0.2) is 17.1 Å². The molecule has 2 N–H and O–H groups in total. The SMILES string of the molecule is Cc1nn2c(nc(Sc3nc4ccccc4c(=O)n3N)c3ccccc32)c1C=O. The van der Waals surface area contributed by atoms with Gasteiger partial charge in [0, 0.05) is 5.39 Å². The number of hydrogen-bond donors (Lipinski definition) is 1. The van der Waals surface area contributed by atoms with E-state index in [1.807, 2.05) is 30.3 Å². The van der Waals surface area contributed by atoms with E-state index in [0.29, 0.717) is 38.0 Å². The van der Waals surface area contributed by atoms with Crippen molar-refractivity contribution in [1.29, 1.82) is 0 Å². The maximum atomic E-state index is 12.6. The number of benzene rings is 2. The van der Waals surface area contributed by atoms with E-state index in [9.17, 15) is 9.59 Å². The Kier molecular flexibility index (Phi) is 3.85. The maximum Gasteiger partial charge on any atom is 0.280 e. The summed E-state index contributed by atoms with van der Waals surface area (Å²) in [7, 11) is 0. The zero-order valence-corrected chi connectivity index (χ0v) is 16.1. The molecule has 29 heavy (non-hydrogen) atoms. The predicted molar refractivity (Wildman–Crippen MR) is 111 cm³/mol. The van der Waals surface area contributed by atoms with E-state index in [1.54, 1.807) is 29.6 Å². The Labute approximate surface area is 168 Å². The zero-order chi connectivity index (χ0) is 20.1. The summed E-state index contributed by atoms with van der Waals surface area (Å²) in [6, 6.07) is 14.6. The maximum absolute atomic E-state index is 12.6. The highest BCUT2D eigenvalue weighted by molar-refractivity contribution is 7.99. The first kappa shape index (κ1) is 17.4. The highest BCUT2D eigenvalue weighted by atomic mass is 32.2. The van der Waals surface area contributed by atoms with Crippen LogP contribution in [-0.4, -0.2) is 30.5 Å². The number of nitrogen functional groups attached to an aromatic ring is 1. The molecule has 0 aliphatic carbocycles. The molecule has 0 radical (unpaired) electrons. The van der Waals surface area contributed by atoms with Crippen molar-refractivity contribution >= 4 is 45.5 Å². The number of aldehydes is 1. The molecule has 5 rings (SSSR count). The van der Waals surface area contributed by atoms with Crippen LogP contribution in [0.5, 0.6) is 0 Å². The molecule has 0 spiro atoms. The van der Waals surface area contributed by atoms with Crippen molar-refractivity contribution in [3.05, 3.63) is 70.1 Å². The van der Waals surface area contributed by atoms with Crippen LogP contribution in [0.25, 0.3) is 27.5 Å². The molecule has 3 heterocycles. The van der Waals surface area contributed by atoms with Crippen LogP contribution in [0.15, 0.2) is 63.5 Å². The highest BCUT2D eigenvalue weighted by Crippen LogP contribution is 2.32. The van der Waals surface area contributed by atoms with E-state index >= 15 is 0 Å². The van der Waals surface area contributed by atoms with Crippen LogP contribution in [0, 0.1) is 6.92 Å². The largest absolute Gasteiger partial charge is 0.334 e. The van der Waals surface area contributed by atoms with Gasteiger partial charge in [0.1, 0.15) is 5.03 Å². The van der Waals surface area contributed by atoms with E-state index in [2.05, 4.69) is 15.1 Å². The van der Waals surface area contributed by atoms with Crippen LogP contribution < -0.4 is 11.4 Å². The number of aromatic nitrogens is 5. The minimum atomic E-state index is -0.336. The first-order valence-corrected chi connectivity index (χ1v) is 9.58. The van der Waals surface area contributed by atoms with Gasteiger partial charge in [0.05, 0.1) is 27.7 Å². The van der Waals surface area contributed by atoms with Crippen LogP contribution in [0.1, 0.15) is 16.1 Å². The zero-order valence-electron chi connectivity index (χ0n) is 15.2. The minimum absolute atomic E-state index is 0.305. The molecule has 0 aliphatic heterocycles. The summed E-state index contributed by atoms with van der Waals surface area (Å²) in [6.07, 6.45) is 0.751. The third-order valence-electron chi connectivity index (χ3n) is 4.73. The Morgan fingerprint density at radius 1 is 1.03 bits per heavy atom. The van der Waals surface area contributed by atoms with Crippen molar-refractivity contribution < 1.29 is 4.79 Å². The molecule has 0 unspecified atom stereocenters. The summed E-state index contributed by atoms with van der Waals surface area (Å²) >= 11 is 1.17. The average Bonchev–Trinajstić information content (AvgIpc) is 3.07. The Hall–Kier alpha value is -3.72. The molecule has 9 heteroatoms. The molecular formula is C20H14N6O2S. The van der Waals surface area contributed by atoms with Crippen LogP contribution in [0.4, 0.5) is 0 Å². The molecular weight excluding hydrogens is 388 g/mol. The van der Waals surface area contributed by atoms with Gasteiger partial charge >= 0.3 is 0 Å². The summed E-state index contributed by atoms with van der Waals surface area (Å²) in [5, 5.41) is 6.60. The fourth-order valence-electron chi connectivity index (χ4n) is 3.30. The smallest absolute Gasteiger partial charge is 0.280 e. The Bertz CT molecular complexity index is 1500. The minimum Gasteiger partial charge on any atom is -0.334 e. The Balaban J connectivity index is 1.79. The normalized spacial score (nSPS) is 11.5. The number of rotatable bonds is 3. The number of nitrogens with two attached hydrogens (primary N) is 1. The van der Waals surface area contributed by atoms with E-state index < -0.39 is 0 Å². The summed E-state index contributed by atoms with van der Waals surface area (Å²) in [4.78, 5) is 33.4. The van der Waals surface area contributed by atoms with E-state index in [4.69, 9.17) is 5.84 Å². The number of carbonyl (C=O) groups excluding carboxylic acids is 1. The van der Waals surface area contributed by atoms with E-state index in [0.717, 1.165) is 21.9 Å². The fourth-order valence-corrected chi connectivity index (χ4v) is 4.21. The molecule has 3 aromatic heterocycles. The van der Waals surface area contributed by atoms with Gasteiger partial charge in [-0.25, -0.2) is 19.2 Å². The molecule has 2 aromatic carbocycles. The number of hydrogen-bond acceptors (Lipinski definition) is 7. The lowest BCUT2D eigenvalue weighted by Crippen LogP contribution is -2.29. The van der Waals surface area contributed by atoms with Crippen LogP contribution >= 0.6 is 11.8 Å². The summed E-state index contributed by atoms with van der Waals surface area (Å²) < 4.78 is 2.68. The third-order valence-corrected chi connectivity index (χ3v) is 5.71. The molecule has 0 fully saturated rings. The van der Waals surface area contributed by atoms with Gasteiger partial charge in [0.25, 0.3) is 5.56 Å². The van der Waals surface area contributed by atoms with Gasteiger partial charge < -0.3 is 5.84 Å². The number of fused-ring (bicyclic) bond motifs is 4. The second kappa shape index (κ2) is 6.42. The molecule has 8 nitrogen and oxygen atoms in total. The number of para-hydroxylation sites is 2. The summed E-state index contributed by atoms with van der Waals surface area (Å²) in [5.74, 6) is 6.03. The second-order valence-electron chi connectivity index (χ2n) is 6.48. The van der Waals surface area contributed by atoms with E-state index in [1.165, 1.54) is 11.8 Å². The predicted octanol–water partition coefficient (Wildman–Crippen LogP) is 2.58. The topological polar surface area (TPSA) is 108 Å².